The van der Waals surface area contributed by atoms with E-state index in [9.17, 15) is 4.79 Å². The Hall–Kier alpha value is -2.07. The number of nitrogens with zero attached hydrogens (tertiary/aromatic N) is 3. The fraction of sp³-hybridized carbons (Fsp3) is 0.421. The maximum atomic E-state index is 12.9. The highest BCUT2D eigenvalue weighted by Gasteiger charge is 2.33. The maximum Gasteiger partial charge on any atom is 0.237 e. The van der Waals surface area contributed by atoms with Gasteiger partial charge in [0.05, 0.1) is 11.4 Å². The van der Waals surface area contributed by atoms with Gasteiger partial charge in [-0.05, 0) is 39.1 Å². The molecule has 122 valence electrons. The molecule has 0 radical (unpaired) electrons. The predicted molar refractivity (Wildman–Crippen MR) is 94.7 cm³/mol. The van der Waals surface area contributed by atoms with Crippen molar-refractivity contribution in [3.05, 3.63) is 48.3 Å². The Labute approximate surface area is 138 Å². The third kappa shape index (κ3) is 3.04. The number of likely N-dealkylation sites (tertiary alicyclic amines) is 1. The van der Waals surface area contributed by atoms with Gasteiger partial charge in [0.15, 0.2) is 0 Å². The maximum absolute atomic E-state index is 12.9. The molecule has 0 atom stereocenters. The average molecular weight is 311 g/mol. The minimum absolute atomic E-state index is 0.0733. The van der Waals surface area contributed by atoms with E-state index in [2.05, 4.69) is 36.5 Å². The van der Waals surface area contributed by atoms with Crippen LogP contribution in [0.15, 0.2) is 42.7 Å². The van der Waals surface area contributed by atoms with Gasteiger partial charge in [0.1, 0.15) is 0 Å². The zero-order valence-corrected chi connectivity index (χ0v) is 14.2. The van der Waals surface area contributed by atoms with Crippen LogP contribution in [0.25, 0.3) is 10.9 Å². The molecule has 1 aliphatic rings. The minimum atomic E-state index is 0.0733. The number of aromatic nitrogens is 1. The molecular weight excluding hydrogens is 286 g/mol. The molecule has 0 bridgehead atoms. The SMILES string of the molecule is C=C(C)N1CC(C(=O)n2cc(CCN(C)C)c3ccccc32)C1. The number of benzene rings is 1. The van der Waals surface area contributed by atoms with Crippen molar-refractivity contribution in [1.82, 2.24) is 14.4 Å². The molecule has 1 saturated heterocycles. The number of para-hydroxylation sites is 1. The van der Waals surface area contributed by atoms with Crippen molar-refractivity contribution in [1.29, 1.82) is 0 Å². The Morgan fingerprint density at radius 3 is 2.65 bits per heavy atom. The third-order valence-corrected chi connectivity index (χ3v) is 4.63. The summed E-state index contributed by atoms with van der Waals surface area (Å²) in [6, 6.07) is 8.21. The molecule has 2 heterocycles. The first-order valence-electron chi connectivity index (χ1n) is 8.15. The summed E-state index contributed by atoms with van der Waals surface area (Å²) in [5, 5.41) is 1.19. The Kier molecular flexibility index (Phi) is 4.26. The van der Waals surface area contributed by atoms with Crippen molar-refractivity contribution in [3.8, 4) is 0 Å². The number of rotatable bonds is 5. The molecule has 0 aliphatic carbocycles. The molecule has 2 aromatic rings. The van der Waals surface area contributed by atoms with Crippen molar-refractivity contribution in [2.75, 3.05) is 33.7 Å². The van der Waals surface area contributed by atoms with E-state index in [4.69, 9.17) is 0 Å². The fourth-order valence-corrected chi connectivity index (χ4v) is 3.12. The fourth-order valence-electron chi connectivity index (χ4n) is 3.12. The predicted octanol–water partition coefficient (Wildman–Crippen LogP) is 2.85. The van der Waals surface area contributed by atoms with Crippen molar-refractivity contribution in [2.24, 2.45) is 5.92 Å². The second kappa shape index (κ2) is 6.20. The first-order chi connectivity index (χ1) is 11.0. The second-order valence-electron chi connectivity index (χ2n) is 6.77. The van der Waals surface area contributed by atoms with Crippen molar-refractivity contribution < 1.29 is 4.79 Å². The van der Waals surface area contributed by atoms with E-state index >= 15 is 0 Å². The van der Waals surface area contributed by atoms with Crippen LogP contribution in [0.3, 0.4) is 0 Å². The highest BCUT2D eigenvalue weighted by Crippen LogP contribution is 2.26. The van der Waals surface area contributed by atoms with Gasteiger partial charge in [0.25, 0.3) is 0 Å². The Balaban J connectivity index is 1.86. The van der Waals surface area contributed by atoms with Gasteiger partial charge < -0.3 is 9.80 Å². The van der Waals surface area contributed by atoms with E-state index in [1.54, 1.807) is 0 Å². The first-order valence-corrected chi connectivity index (χ1v) is 8.15. The Bertz CT molecular complexity index is 738. The van der Waals surface area contributed by atoms with E-state index in [0.717, 1.165) is 37.3 Å². The highest BCUT2D eigenvalue weighted by molar-refractivity contribution is 5.96. The molecular formula is C19H25N3O. The van der Waals surface area contributed by atoms with Crippen LogP contribution >= 0.6 is 0 Å². The van der Waals surface area contributed by atoms with Crippen LogP contribution < -0.4 is 0 Å². The van der Waals surface area contributed by atoms with E-state index in [0.29, 0.717) is 0 Å². The molecule has 0 saturated carbocycles. The van der Waals surface area contributed by atoms with Gasteiger partial charge in [-0.25, -0.2) is 0 Å². The number of hydrogen-bond acceptors (Lipinski definition) is 3. The van der Waals surface area contributed by atoms with E-state index in [1.165, 1.54) is 10.9 Å². The second-order valence-corrected chi connectivity index (χ2v) is 6.77. The van der Waals surface area contributed by atoms with Gasteiger partial charge in [-0.1, -0.05) is 24.8 Å². The van der Waals surface area contributed by atoms with Crippen LogP contribution in [0, 0.1) is 5.92 Å². The number of carbonyl (C=O) groups is 1. The van der Waals surface area contributed by atoms with Crippen LogP contribution in [0.5, 0.6) is 0 Å². The molecule has 3 rings (SSSR count). The summed E-state index contributed by atoms with van der Waals surface area (Å²) in [4.78, 5) is 17.2. The summed E-state index contributed by atoms with van der Waals surface area (Å²) >= 11 is 0. The summed E-state index contributed by atoms with van der Waals surface area (Å²) in [5.41, 5.74) is 3.32. The van der Waals surface area contributed by atoms with Gasteiger partial charge in [-0.2, -0.15) is 0 Å². The average Bonchev–Trinajstić information content (AvgIpc) is 2.82. The van der Waals surface area contributed by atoms with Crippen LogP contribution in [0.1, 0.15) is 17.3 Å². The molecule has 0 spiro atoms. The number of fused-ring (bicyclic) bond motifs is 1. The lowest BCUT2D eigenvalue weighted by atomic mass is 9.98. The molecule has 1 fully saturated rings. The number of hydrogen-bond donors (Lipinski definition) is 0. The monoisotopic (exact) mass is 311 g/mol. The lowest BCUT2D eigenvalue weighted by Gasteiger charge is -2.40. The van der Waals surface area contributed by atoms with Crippen LogP contribution in [0.2, 0.25) is 0 Å². The van der Waals surface area contributed by atoms with Gasteiger partial charge in [0, 0.05) is 36.9 Å². The summed E-state index contributed by atoms with van der Waals surface area (Å²) in [7, 11) is 4.15. The molecule has 0 unspecified atom stereocenters. The Morgan fingerprint density at radius 1 is 1.30 bits per heavy atom. The summed E-state index contributed by atoms with van der Waals surface area (Å²) < 4.78 is 1.86. The topological polar surface area (TPSA) is 28.5 Å². The molecule has 4 nitrogen and oxygen atoms in total. The van der Waals surface area contributed by atoms with Crippen molar-refractivity contribution in [3.63, 3.8) is 0 Å². The molecule has 1 aliphatic heterocycles. The lowest BCUT2D eigenvalue weighted by Crippen LogP contribution is -2.50. The zero-order valence-electron chi connectivity index (χ0n) is 14.2. The minimum Gasteiger partial charge on any atom is -0.374 e. The molecule has 4 heteroatoms. The van der Waals surface area contributed by atoms with Crippen molar-refractivity contribution in [2.45, 2.75) is 13.3 Å². The largest absolute Gasteiger partial charge is 0.374 e. The van der Waals surface area contributed by atoms with Crippen LogP contribution in [-0.4, -0.2) is 54.0 Å². The molecule has 0 amide bonds. The normalized spacial score (nSPS) is 15.2. The van der Waals surface area contributed by atoms with Crippen molar-refractivity contribution >= 4 is 16.8 Å². The molecule has 23 heavy (non-hydrogen) atoms. The van der Waals surface area contributed by atoms with E-state index in [-0.39, 0.29) is 11.8 Å². The summed E-state index contributed by atoms with van der Waals surface area (Å²) in [6.07, 6.45) is 3.00. The summed E-state index contributed by atoms with van der Waals surface area (Å²) in [5.74, 6) is 0.277. The molecule has 1 aromatic heterocycles. The van der Waals surface area contributed by atoms with Gasteiger partial charge in [-0.3, -0.25) is 9.36 Å². The van der Waals surface area contributed by atoms with E-state index < -0.39 is 0 Å². The van der Waals surface area contributed by atoms with Gasteiger partial charge >= 0.3 is 0 Å². The molecule has 1 aromatic carbocycles. The zero-order chi connectivity index (χ0) is 16.6. The summed E-state index contributed by atoms with van der Waals surface area (Å²) in [6.45, 7) is 8.48. The van der Waals surface area contributed by atoms with Gasteiger partial charge in [0.2, 0.25) is 5.91 Å². The standard InChI is InChI=1S/C19H25N3O/c1-14(2)21-11-16(12-21)19(23)22-13-15(9-10-20(3)4)17-7-5-6-8-18(17)22/h5-8,13,16H,1,9-12H2,2-4H3. The van der Waals surface area contributed by atoms with Crippen LogP contribution in [0.4, 0.5) is 0 Å². The van der Waals surface area contributed by atoms with Crippen LogP contribution in [-0.2, 0) is 6.42 Å². The highest BCUT2D eigenvalue weighted by atomic mass is 16.2. The number of likely N-dealkylation sites (N-methyl/N-ethyl adjacent to an activating group) is 1. The van der Waals surface area contributed by atoms with Gasteiger partial charge in [-0.15, -0.1) is 0 Å². The number of carbonyl (C=O) groups excluding carboxylic acids is 1. The first kappa shape index (κ1) is 15.8. The lowest BCUT2D eigenvalue weighted by molar-refractivity contribution is 0.0637. The van der Waals surface area contributed by atoms with E-state index in [1.807, 2.05) is 35.9 Å². The number of allylic oxidation sites excluding steroid dienone is 1. The molecule has 0 N–H and O–H groups in total. The third-order valence-electron chi connectivity index (χ3n) is 4.63. The smallest absolute Gasteiger partial charge is 0.237 e. The quantitative estimate of drug-likeness (QED) is 0.850. The Morgan fingerprint density at radius 2 is 2.00 bits per heavy atom.